The van der Waals surface area contributed by atoms with Crippen LogP contribution in [0.4, 0.5) is 0 Å². The molecule has 0 aliphatic carbocycles. The minimum atomic E-state index is 0.609. The molecule has 1 unspecified atom stereocenters. The van der Waals surface area contributed by atoms with Gasteiger partial charge in [-0.3, -0.25) is 9.97 Å². The normalized spacial score (nSPS) is 12.7. The summed E-state index contributed by atoms with van der Waals surface area (Å²) in [4.78, 5) is 8.55. The molecule has 0 aromatic carbocycles. The second-order valence-corrected chi connectivity index (χ2v) is 3.92. The molecule has 1 N–H and O–H groups in total. The van der Waals surface area contributed by atoms with Gasteiger partial charge in [-0.25, -0.2) is 0 Å². The van der Waals surface area contributed by atoms with Crippen molar-refractivity contribution in [3.63, 3.8) is 0 Å². The first-order valence-corrected chi connectivity index (χ1v) is 5.77. The van der Waals surface area contributed by atoms with Crippen LogP contribution in [0.15, 0.2) is 12.4 Å². The van der Waals surface area contributed by atoms with Gasteiger partial charge in [0.1, 0.15) is 0 Å². The van der Waals surface area contributed by atoms with E-state index < -0.39 is 0 Å². The van der Waals surface area contributed by atoms with E-state index in [0.29, 0.717) is 6.04 Å². The first kappa shape index (κ1) is 12.1. The monoisotopic (exact) mass is 207 g/mol. The van der Waals surface area contributed by atoms with Gasteiger partial charge in [0.15, 0.2) is 0 Å². The van der Waals surface area contributed by atoms with E-state index in [4.69, 9.17) is 0 Å². The van der Waals surface area contributed by atoms with Crippen LogP contribution in [0.3, 0.4) is 0 Å². The van der Waals surface area contributed by atoms with Gasteiger partial charge in [-0.2, -0.15) is 0 Å². The molecule has 84 valence electrons. The fraction of sp³-hybridized carbons (Fsp3) is 0.667. The summed E-state index contributed by atoms with van der Waals surface area (Å²) in [5.74, 6) is 0. The SMILES string of the molecule is CCCC(CC)NCc1cnc(C)cn1. The molecule has 0 spiro atoms. The van der Waals surface area contributed by atoms with E-state index in [9.17, 15) is 0 Å². The highest BCUT2D eigenvalue weighted by Gasteiger charge is 2.04. The third kappa shape index (κ3) is 4.38. The maximum absolute atomic E-state index is 4.32. The molecule has 0 saturated carbocycles. The van der Waals surface area contributed by atoms with Crippen LogP contribution >= 0.6 is 0 Å². The van der Waals surface area contributed by atoms with Crippen LogP contribution in [0.5, 0.6) is 0 Å². The van der Waals surface area contributed by atoms with Crippen LogP contribution in [0, 0.1) is 6.92 Å². The van der Waals surface area contributed by atoms with E-state index in [1.165, 1.54) is 19.3 Å². The Balaban J connectivity index is 2.38. The van der Waals surface area contributed by atoms with Gasteiger partial charge >= 0.3 is 0 Å². The van der Waals surface area contributed by atoms with Crippen LogP contribution in [0.1, 0.15) is 44.5 Å². The number of hydrogen-bond acceptors (Lipinski definition) is 3. The first-order chi connectivity index (χ1) is 7.26. The van der Waals surface area contributed by atoms with Crippen molar-refractivity contribution in [1.82, 2.24) is 15.3 Å². The number of aryl methyl sites for hydroxylation is 1. The Morgan fingerprint density at radius 1 is 1.27 bits per heavy atom. The predicted molar refractivity (Wildman–Crippen MR) is 62.6 cm³/mol. The highest BCUT2D eigenvalue weighted by atomic mass is 14.9. The molecule has 0 fully saturated rings. The second kappa shape index (κ2) is 6.51. The molecule has 1 atom stereocenters. The lowest BCUT2D eigenvalue weighted by Crippen LogP contribution is -2.28. The van der Waals surface area contributed by atoms with Gasteiger partial charge < -0.3 is 5.32 Å². The van der Waals surface area contributed by atoms with E-state index in [-0.39, 0.29) is 0 Å². The van der Waals surface area contributed by atoms with Crippen molar-refractivity contribution in [3.05, 3.63) is 23.8 Å². The third-order valence-corrected chi connectivity index (χ3v) is 2.54. The Morgan fingerprint density at radius 2 is 2.07 bits per heavy atom. The lowest BCUT2D eigenvalue weighted by Gasteiger charge is -2.15. The van der Waals surface area contributed by atoms with E-state index in [2.05, 4.69) is 29.1 Å². The highest BCUT2D eigenvalue weighted by Crippen LogP contribution is 2.02. The topological polar surface area (TPSA) is 37.8 Å². The number of nitrogens with one attached hydrogen (secondary N) is 1. The van der Waals surface area contributed by atoms with Crippen molar-refractivity contribution in [2.24, 2.45) is 0 Å². The highest BCUT2D eigenvalue weighted by molar-refractivity contribution is 5.00. The predicted octanol–water partition coefficient (Wildman–Crippen LogP) is 2.45. The van der Waals surface area contributed by atoms with Crippen LogP contribution in [0.25, 0.3) is 0 Å². The summed E-state index contributed by atoms with van der Waals surface area (Å²) >= 11 is 0. The third-order valence-electron chi connectivity index (χ3n) is 2.54. The maximum atomic E-state index is 4.32. The summed E-state index contributed by atoms with van der Waals surface area (Å²) in [5.41, 5.74) is 1.99. The van der Waals surface area contributed by atoms with Gasteiger partial charge in [0.05, 0.1) is 11.4 Å². The zero-order valence-corrected chi connectivity index (χ0v) is 9.95. The molecule has 1 rings (SSSR count). The van der Waals surface area contributed by atoms with Crippen molar-refractivity contribution in [3.8, 4) is 0 Å². The van der Waals surface area contributed by atoms with Gasteiger partial charge in [-0.05, 0) is 19.8 Å². The standard InChI is InChI=1S/C12H21N3/c1-4-6-11(5-2)15-9-12-8-13-10(3)7-14-12/h7-8,11,15H,4-6,9H2,1-3H3. The molecule has 1 aromatic rings. The van der Waals surface area contributed by atoms with Crippen molar-refractivity contribution in [2.45, 2.75) is 52.6 Å². The van der Waals surface area contributed by atoms with Gasteiger partial charge in [-0.15, -0.1) is 0 Å². The van der Waals surface area contributed by atoms with Crippen molar-refractivity contribution in [1.29, 1.82) is 0 Å². The number of hydrogen-bond donors (Lipinski definition) is 1. The molecular formula is C12H21N3. The summed E-state index contributed by atoms with van der Waals surface area (Å²) in [7, 11) is 0. The number of nitrogens with zero attached hydrogens (tertiary/aromatic N) is 2. The average Bonchev–Trinajstić information content (AvgIpc) is 2.26. The summed E-state index contributed by atoms with van der Waals surface area (Å²) in [6, 6.07) is 0.609. The molecule has 0 aliphatic heterocycles. The lowest BCUT2D eigenvalue weighted by atomic mass is 10.1. The Labute approximate surface area is 92.3 Å². The van der Waals surface area contributed by atoms with Crippen molar-refractivity contribution < 1.29 is 0 Å². The fourth-order valence-corrected chi connectivity index (χ4v) is 1.56. The zero-order chi connectivity index (χ0) is 11.1. The van der Waals surface area contributed by atoms with E-state index in [0.717, 1.165) is 17.9 Å². The molecule has 0 amide bonds. The van der Waals surface area contributed by atoms with Gasteiger partial charge in [-0.1, -0.05) is 20.3 Å². The molecule has 0 aliphatic rings. The molecule has 0 saturated heterocycles. The van der Waals surface area contributed by atoms with Crippen molar-refractivity contribution in [2.75, 3.05) is 0 Å². The van der Waals surface area contributed by atoms with Crippen LogP contribution < -0.4 is 5.32 Å². The van der Waals surface area contributed by atoms with Crippen LogP contribution in [0.2, 0.25) is 0 Å². The minimum absolute atomic E-state index is 0.609. The summed E-state index contributed by atoms with van der Waals surface area (Å²) in [6.07, 6.45) is 7.30. The zero-order valence-electron chi connectivity index (χ0n) is 9.95. The molecule has 1 aromatic heterocycles. The van der Waals surface area contributed by atoms with E-state index in [1.54, 1.807) is 0 Å². The maximum Gasteiger partial charge on any atom is 0.0724 e. The van der Waals surface area contributed by atoms with Crippen LogP contribution in [-0.2, 0) is 6.54 Å². The molecule has 0 bridgehead atoms. The Bertz CT molecular complexity index is 269. The molecule has 3 heteroatoms. The van der Waals surface area contributed by atoms with Gasteiger partial charge in [0.25, 0.3) is 0 Å². The minimum Gasteiger partial charge on any atom is -0.308 e. The Hall–Kier alpha value is -0.960. The second-order valence-electron chi connectivity index (χ2n) is 3.92. The quantitative estimate of drug-likeness (QED) is 0.778. The van der Waals surface area contributed by atoms with Gasteiger partial charge in [0.2, 0.25) is 0 Å². The number of aromatic nitrogens is 2. The molecule has 1 heterocycles. The Morgan fingerprint density at radius 3 is 2.60 bits per heavy atom. The smallest absolute Gasteiger partial charge is 0.0724 e. The first-order valence-electron chi connectivity index (χ1n) is 5.77. The van der Waals surface area contributed by atoms with Crippen LogP contribution in [-0.4, -0.2) is 16.0 Å². The fourth-order valence-electron chi connectivity index (χ4n) is 1.56. The van der Waals surface area contributed by atoms with Crippen molar-refractivity contribution >= 4 is 0 Å². The summed E-state index contributed by atoms with van der Waals surface area (Å²) in [5, 5.41) is 3.50. The molecule has 3 nitrogen and oxygen atoms in total. The largest absolute Gasteiger partial charge is 0.308 e. The summed E-state index contributed by atoms with van der Waals surface area (Å²) < 4.78 is 0. The average molecular weight is 207 g/mol. The summed E-state index contributed by atoms with van der Waals surface area (Å²) in [6.45, 7) is 7.21. The number of rotatable bonds is 6. The van der Waals surface area contributed by atoms with E-state index in [1.807, 2.05) is 19.3 Å². The molecule has 0 radical (unpaired) electrons. The van der Waals surface area contributed by atoms with E-state index >= 15 is 0 Å². The molecule has 15 heavy (non-hydrogen) atoms. The lowest BCUT2D eigenvalue weighted by molar-refractivity contribution is 0.459. The molecular weight excluding hydrogens is 186 g/mol. The Kier molecular flexibility index (Phi) is 5.26. The van der Waals surface area contributed by atoms with Gasteiger partial charge in [0, 0.05) is 25.0 Å².